The maximum absolute atomic E-state index is 3.70. The zero-order chi connectivity index (χ0) is 6.69. The molecule has 0 aromatic carbocycles. The Hall–Kier alpha value is -0.118. The molecule has 51 valence electrons. The summed E-state index contributed by atoms with van der Waals surface area (Å²) < 4.78 is 0.406. The van der Waals surface area contributed by atoms with E-state index in [1.54, 1.807) is 0 Å². The van der Waals surface area contributed by atoms with Crippen LogP contribution in [0.2, 0.25) is 4.39 Å². The van der Waals surface area contributed by atoms with Crippen molar-refractivity contribution < 1.29 is 19.2 Å². The first kappa shape index (κ1) is 6.99. The van der Waals surface area contributed by atoms with Gasteiger partial charge < -0.3 is 0 Å². The monoisotopic (exact) mass is 211 g/mol. The molecule has 9 heavy (non-hydrogen) atoms. The molecule has 0 spiro atoms. The first-order valence-electron chi connectivity index (χ1n) is 2.93. The summed E-state index contributed by atoms with van der Waals surface area (Å²) in [6.45, 7) is 3.70. The third-order valence-corrected chi connectivity index (χ3v) is 2.27. The van der Waals surface area contributed by atoms with Crippen LogP contribution < -0.4 is 0 Å². The van der Waals surface area contributed by atoms with Gasteiger partial charge in [0.05, 0.1) is 0 Å². The fraction of sp³-hybridized carbons (Fsp3) is 0.250. The molecule has 0 amide bonds. The number of hydrogen-bond acceptors (Lipinski definition) is 0. The fourth-order valence-corrected chi connectivity index (χ4v) is 1.14. The average Bonchev–Trinajstić information content (AvgIpc) is 2.37. The van der Waals surface area contributed by atoms with Gasteiger partial charge in [0.25, 0.3) is 0 Å². The van der Waals surface area contributed by atoms with Crippen LogP contribution in [0.15, 0.2) is 36.5 Å². The van der Waals surface area contributed by atoms with Crippen LogP contribution in [0, 0.1) is 0 Å². The average molecular weight is 212 g/mol. The molecule has 0 radical (unpaired) electrons. The second-order valence-electron chi connectivity index (χ2n) is 1.97. The summed E-state index contributed by atoms with van der Waals surface area (Å²) in [5, 5.41) is 0. The van der Waals surface area contributed by atoms with Crippen molar-refractivity contribution in [2.45, 2.75) is 10.8 Å². The summed E-state index contributed by atoms with van der Waals surface area (Å²) in [6.07, 6.45) is 9.37. The van der Waals surface area contributed by atoms with Crippen molar-refractivity contribution in [1.82, 2.24) is 0 Å². The van der Waals surface area contributed by atoms with E-state index in [9.17, 15) is 0 Å². The van der Waals surface area contributed by atoms with Gasteiger partial charge in [0, 0.05) is 0 Å². The van der Waals surface area contributed by atoms with Crippen molar-refractivity contribution in [3.8, 4) is 0 Å². The third-order valence-electron chi connectivity index (χ3n) is 1.32. The van der Waals surface area contributed by atoms with Crippen LogP contribution in [-0.4, -0.2) is 0 Å². The Bertz CT molecular complexity index is 165. The Morgan fingerprint density at radius 3 is 3.00 bits per heavy atom. The molecule has 1 aliphatic carbocycles. The summed E-state index contributed by atoms with van der Waals surface area (Å²) in [5.41, 5.74) is 1.41. The van der Waals surface area contributed by atoms with E-state index in [0.29, 0.717) is 4.39 Å². The summed E-state index contributed by atoms with van der Waals surface area (Å²) in [7, 11) is 0. The second-order valence-corrected chi connectivity index (χ2v) is 2.94. The molecule has 0 aromatic heterocycles. The van der Waals surface area contributed by atoms with E-state index < -0.39 is 0 Å². The van der Waals surface area contributed by atoms with Crippen molar-refractivity contribution >= 4 is 0 Å². The van der Waals surface area contributed by atoms with Crippen LogP contribution in [0.4, 0.5) is 0 Å². The molecule has 0 N–H and O–H groups in total. The standard InChI is InChI=1S/C8H9.Pd/c1-2-5-8-6-3-4-7-8;/h2-6H,1,7H2;. The Morgan fingerprint density at radius 1 is 1.78 bits per heavy atom. The normalized spacial score (nSPS) is 19.6. The van der Waals surface area contributed by atoms with E-state index in [2.05, 4.69) is 44.0 Å². The van der Waals surface area contributed by atoms with E-state index in [1.165, 1.54) is 5.57 Å². The molecule has 0 heterocycles. The van der Waals surface area contributed by atoms with Gasteiger partial charge in [-0.3, -0.25) is 0 Å². The Morgan fingerprint density at radius 2 is 2.56 bits per heavy atom. The zero-order valence-corrected chi connectivity index (χ0v) is 6.67. The predicted molar refractivity (Wildman–Crippen MR) is 35.8 cm³/mol. The minimum atomic E-state index is 0.406. The van der Waals surface area contributed by atoms with Crippen LogP contribution >= 0.6 is 0 Å². The van der Waals surface area contributed by atoms with E-state index in [1.807, 2.05) is 6.08 Å². The molecule has 0 saturated carbocycles. The molecule has 1 aliphatic rings. The quantitative estimate of drug-likeness (QED) is 0.486. The molecule has 0 nitrogen and oxygen atoms in total. The van der Waals surface area contributed by atoms with Gasteiger partial charge >= 0.3 is 66.5 Å². The van der Waals surface area contributed by atoms with Crippen LogP contribution in [0.25, 0.3) is 0 Å². The summed E-state index contributed by atoms with van der Waals surface area (Å²) in [4.78, 5) is 0. The van der Waals surface area contributed by atoms with Crippen LogP contribution in [0.1, 0.15) is 6.42 Å². The SMILES string of the molecule is C=C[CH]([Pd])C1=CC=CC1. The number of rotatable bonds is 2. The number of hydrogen-bond donors (Lipinski definition) is 0. The van der Waals surface area contributed by atoms with Crippen molar-refractivity contribution in [1.29, 1.82) is 0 Å². The van der Waals surface area contributed by atoms with Gasteiger partial charge in [0.15, 0.2) is 0 Å². The van der Waals surface area contributed by atoms with Gasteiger partial charge in [-0.05, 0) is 0 Å². The predicted octanol–water partition coefficient (Wildman–Crippen LogP) is 2.39. The first-order chi connectivity index (χ1) is 4.34. The van der Waals surface area contributed by atoms with Crippen LogP contribution in [0.3, 0.4) is 0 Å². The third kappa shape index (κ3) is 1.64. The van der Waals surface area contributed by atoms with E-state index >= 15 is 0 Å². The molecule has 1 atom stereocenters. The van der Waals surface area contributed by atoms with Crippen molar-refractivity contribution in [3.05, 3.63) is 36.5 Å². The van der Waals surface area contributed by atoms with Gasteiger partial charge in [0.2, 0.25) is 0 Å². The van der Waals surface area contributed by atoms with Crippen molar-refractivity contribution in [3.63, 3.8) is 0 Å². The van der Waals surface area contributed by atoms with Gasteiger partial charge in [-0.15, -0.1) is 0 Å². The molecule has 0 fully saturated rings. The van der Waals surface area contributed by atoms with Crippen LogP contribution in [0.5, 0.6) is 0 Å². The minimum absolute atomic E-state index is 0.406. The van der Waals surface area contributed by atoms with E-state index in [-0.39, 0.29) is 0 Å². The molecular formula is C8H9Pd. The Labute approximate surface area is 66.7 Å². The summed E-state index contributed by atoms with van der Waals surface area (Å²) in [6, 6.07) is 0. The number of allylic oxidation sites excluding steroid dienone is 5. The van der Waals surface area contributed by atoms with Crippen molar-refractivity contribution in [2.75, 3.05) is 0 Å². The fourth-order valence-electron chi connectivity index (χ4n) is 0.806. The molecule has 0 aromatic rings. The van der Waals surface area contributed by atoms with Crippen molar-refractivity contribution in [2.24, 2.45) is 0 Å². The first-order valence-corrected chi connectivity index (χ1v) is 3.83. The molecule has 0 saturated heterocycles. The maximum atomic E-state index is 3.70. The molecule has 1 rings (SSSR count). The van der Waals surface area contributed by atoms with Crippen LogP contribution in [-0.2, 0) is 19.2 Å². The Balaban J connectivity index is 2.54. The van der Waals surface area contributed by atoms with Gasteiger partial charge in [-0.2, -0.15) is 0 Å². The summed E-state index contributed by atoms with van der Waals surface area (Å²) >= 11 is 3.22. The Kier molecular flexibility index (Phi) is 2.45. The van der Waals surface area contributed by atoms with Gasteiger partial charge in [-0.1, -0.05) is 0 Å². The molecular weight excluding hydrogens is 203 g/mol. The molecule has 1 heteroatoms. The van der Waals surface area contributed by atoms with Gasteiger partial charge in [0.1, 0.15) is 0 Å². The molecule has 0 aliphatic heterocycles. The second kappa shape index (κ2) is 3.15. The zero-order valence-electron chi connectivity index (χ0n) is 5.12. The summed E-state index contributed by atoms with van der Waals surface area (Å²) in [5.74, 6) is 0. The molecule has 0 bridgehead atoms. The molecule has 1 unspecified atom stereocenters. The van der Waals surface area contributed by atoms with Gasteiger partial charge in [-0.25, -0.2) is 0 Å². The van der Waals surface area contributed by atoms with E-state index in [4.69, 9.17) is 0 Å². The van der Waals surface area contributed by atoms with E-state index in [0.717, 1.165) is 6.42 Å². The topological polar surface area (TPSA) is 0 Å².